The third-order valence-corrected chi connectivity index (χ3v) is 8.96. The molecule has 4 saturated carbocycles. The second kappa shape index (κ2) is 6.09. The number of ether oxygens (including phenoxy) is 1. The lowest BCUT2D eigenvalue weighted by atomic mass is 9.45. The standard InChI is InChI=1S/C22H34O3/c1-4-20(24)25-19-8-7-17-16-6-5-14-13-15(23)9-11-21(14,2)18(16)10-12-22(17,19)3/h14,16-19H,4-13H2,1-3H3/t14-,16-,17-,18-,19?,21-,22-/m0/s1. The fraction of sp³-hybridized carbons (Fsp3) is 0.909. The molecule has 0 aromatic rings. The van der Waals surface area contributed by atoms with Crippen LogP contribution in [0.25, 0.3) is 0 Å². The van der Waals surface area contributed by atoms with E-state index < -0.39 is 0 Å². The Balaban J connectivity index is 1.56. The van der Waals surface area contributed by atoms with Crippen molar-refractivity contribution in [2.45, 2.75) is 91.1 Å². The van der Waals surface area contributed by atoms with Gasteiger partial charge in [0, 0.05) is 24.7 Å². The van der Waals surface area contributed by atoms with Gasteiger partial charge in [0.2, 0.25) is 0 Å². The highest BCUT2D eigenvalue weighted by Crippen LogP contribution is 2.66. The van der Waals surface area contributed by atoms with Crippen LogP contribution in [0.15, 0.2) is 0 Å². The topological polar surface area (TPSA) is 43.4 Å². The lowest BCUT2D eigenvalue weighted by Gasteiger charge is -2.60. The van der Waals surface area contributed by atoms with E-state index in [1.54, 1.807) is 0 Å². The lowest BCUT2D eigenvalue weighted by Crippen LogP contribution is -2.54. The Hall–Kier alpha value is -0.860. The van der Waals surface area contributed by atoms with Crippen LogP contribution in [0.5, 0.6) is 0 Å². The van der Waals surface area contributed by atoms with Gasteiger partial charge in [0.1, 0.15) is 11.9 Å². The van der Waals surface area contributed by atoms with Crippen LogP contribution >= 0.6 is 0 Å². The van der Waals surface area contributed by atoms with Gasteiger partial charge in [0.25, 0.3) is 0 Å². The van der Waals surface area contributed by atoms with Crippen LogP contribution in [0.4, 0.5) is 0 Å². The van der Waals surface area contributed by atoms with Gasteiger partial charge in [-0.05, 0) is 74.0 Å². The van der Waals surface area contributed by atoms with Crippen molar-refractivity contribution in [1.29, 1.82) is 0 Å². The summed E-state index contributed by atoms with van der Waals surface area (Å²) in [6, 6.07) is 0. The first-order valence-corrected chi connectivity index (χ1v) is 10.6. The molecular formula is C22H34O3. The molecule has 140 valence electrons. The molecule has 25 heavy (non-hydrogen) atoms. The van der Waals surface area contributed by atoms with E-state index in [0.29, 0.717) is 29.5 Å². The molecule has 0 N–H and O–H groups in total. The molecule has 0 aliphatic heterocycles. The van der Waals surface area contributed by atoms with Gasteiger partial charge in [-0.25, -0.2) is 0 Å². The van der Waals surface area contributed by atoms with Crippen molar-refractivity contribution >= 4 is 11.8 Å². The third-order valence-electron chi connectivity index (χ3n) is 8.96. The molecule has 7 atom stereocenters. The first kappa shape index (κ1) is 17.5. The van der Waals surface area contributed by atoms with E-state index >= 15 is 0 Å². The third kappa shape index (κ3) is 2.59. The molecule has 0 spiro atoms. The fourth-order valence-electron chi connectivity index (χ4n) is 7.43. The minimum atomic E-state index is -0.0320. The van der Waals surface area contributed by atoms with Gasteiger partial charge in [0.15, 0.2) is 0 Å². The quantitative estimate of drug-likeness (QED) is 0.667. The number of rotatable bonds is 2. The van der Waals surface area contributed by atoms with E-state index in [1.165, 1.54) is 32.1 Å². The summed E-state index contributed by atoms with van der Waals surface area (Å²) >= 11 is 0. The van der Waals surface area contributed by atoms with Gasteiger partial charge in [0.05, 0.1) is 0 Å². The molecule has 0 saturated heterocycles. The molecular weight excluding hydrogens is 312 g/mol. The summed E-state index contributed by atoms with van der Waals surface area (Å²) in [6.45, 7) is 6.78. The Bertz CT molecular complexity index is 570. The Labute approximate surface area is 152 Å². The highest BCUT2D eigenvalue weighted by atomic mass is 16.5. The lowest BCUT2D eigenvalue weighted by molar-refractivity contribution is -0.163. The minimum absolute atomic E-state index is 0.0320. The highest BCUT2D eigenvalue weighted by molar-refractivity contribution is 5.79. The van der Waals surface area contributed by atoms with E-state index in [0.717, 1.165) is 37.5 Å². The van der Waals surface area contributed by atoms with Crippen LogP contribution in [-0.2, 0) is 14.3 Å². The summed E-state index contributed by atoms with van der Waals surface area (Å²) in [5.41, 5.74) is 0.552. The number of carbonyl (C=O) groups is 2. The van der Waals surface area contributed by atoms with E-state index in [9.17, 15) is 9.59 Å². The molecule has 0 aromatic carbocycles. The number of ketones is 1. The molecule has 3 heteroatoms. The second-order valence-electron chi connectivity index (χ2n) is 9.85. The molecule has 0 heterocycles. The second-order valence-corrected chi connectivity index (χ2v) is 9.85. The average molecular weight is 347 g/mol. The molecule has 4 fully saturated rings. The maximum atomic E-state index is 12.0. The van der Waals surface area contributed by atoms with Gasteiger partial charge in [-0.15, -0.1) is 0 Å². The molecule has 1 unspecified atom stereocenters. The van der Waals surface area contributed by atoms with Crippen LogP contribution in [0.3, 0.4) is 0 Å². The van der Waals surface area contributed by atoms with Crippen LogP contribution in [0.1, 0.15) is 85.0 Å². The summed E-state index contributed by atoms with van der Waals surface area (Å²) in [5.74, 6) is 3.34. The molecule has 4 rings (SSSR count). The van der Waals surface area contributed by atoms with Crippen LogP contribution in [-0.4, -0.2) is 17.9 Å². The largest absolute Gasteiger partial charge is 0.462 e. The zero-order chi connectivity index (χ0) is 17.8. The Morgan fingerprint density at radius 2 is 1.80 bits per heavy atom. The first-order chi connectivity index (χ1) is 11.9. The zero-order valence-electron chi connectivity index (χ0n) is 16.2. The maximum absolute atomic E-state index is 12.0. The van der Waals surface area contributed by atoms with E-state index in [-0.39, 0.29) is 17.5 Å². The molecule has 0 radical (unpaired) electrons. The van der Waals surface area contributed by atoms with Gasteiger partial charge in [-0.3, -0.25) is 9.59 Å². The number of hydrogen-bond donors (Lipinski definition) is 0. The van der Waals surface area contributed by atoms with Crippen molar-refractivity contribution < 1.29 is 14.3 Å². The summed E-state index contributed by atoms with van der Waals surface area (Å²) < 4.78 is 5.87. The fourth-order valence-corrected chi connectivity index (χ4v) is 7.43. The monoisotopic (exact) mass is 346 g/mol. The normalized spacial score (nSPS) is 49.1. The van der Waals surface area contributed by atoms with Crippen molar-refractivity contribution in [3.05, 3.63) is 0 Å². The van der Waals surface area contributed by atoms with E-state index in [4.69, 9.17) is 4.74 Å². The summed E-state index contributed by atoms with van der Waals surface area (Å²) in [6.07, 6.45) is 10.6. The predicted octanol–water partition coefficient (Wildman–Crippen LogP) is 4.92. The molecule has 4 aliphatic rings. The summed E-state index contributed by atoms with van der Waals surface area (Å²) in [7, 11) is 0. The average Bonchev–Trinajstić information content (AvgIpc) is 2.92. The Morgan fingerprint density at radius 3 is 2.56 bits per heavy atom. The number of hydrogen-bond acceptors (Lipinski definition) is 3. The zero-order valence-corrected chi connectivity index (χ0v) is 16.2. The van der Waals surface area contributed by atoms with Crippen LogP contribution in [0, 0.1) is 34.5 Å². The maximum Gasteiger partial charge on any atom is 0.305 e. The number of fused-ring (bicyclic) bond motifs is 5. The minimum Gasteiger partial charge on any atom is -0.462 e. The first-order valence-electron chi connectivity index (χ1n) is 10.6. The summed E-state index contributed by atoms with van der Waals surface area (Å²) in [4.78, 5) is 23.9. The smallest absolute Gasteiger partial charge is 0.305 e. The van der Waals surface area contributed by atoms with E-state index in [2.05, 4.69) is 13.8 Å². The van der Waals surface area contributed by atoms with Crippen molar-refractivity contribution in [3.8, 4) is 0 Å². The Morgan fingerprint density at radius 1 is 1.04 bits per heavy atom. The number of carbonyl (C=O) groups excluding carboxylic acids is 2. The van der Waals surface area contributed by atoms with Crippen molar-refractivity contribution in [1.82, 2.24) is 0 Å². The molecule has 3 nitrogen and oxygen atoms in total. The van der Waals surface area contributed by atoms with Crippen molar-refractivity contribution in [2.24, 2.45) is 34.5 Å². The molecule has 0 aromatic heterocycles. The number of esters is 1. The molecule has 0 amide bonds. The van der Waals surface area contributed by atoms with Crippen molar-refractivity contribution in [2.75, 3.05) is 0 Å². The summed E-state index contributed by atoms with van der Waals surface area (Å²) in [5, 5.41) is 0. The molecule has 0 bridgehead atoms. The Kier molecular flexibility index (Phi) is 4.28. The van der Waals surface area contributed by atoms with Gasteiger partial charge in [-0.2, -0.15) is 0 Å². The molecule has 4 aliphatic carbocycles. The van der Waals surface area contributed by atoms with E-state index in [1.807, 2.05) is 6.92 Å². The van der Waals surface area contributed by atoms with Crippen LogP contribution < -0.4 is 0 Å². The SMILES string of the molecule is CCC(=O)OC1CC[C@H]2[C@@H]3CC[C@H]4CC(=O)CC[C@]4(C)[C@H]3CC[C@]12C. The van der Waals surface area contributed by atoms with Gasteiger partial charge in [-0.1, -0.05) is 20.8 Å². The van der Waals surface area contributed by atoms with Gasteiger partial charge < -0.3 is 4.74 Å². The predicted molar refractivity (Wildman–Crippen MR) is 96.9 cm³/mol. The van der Waals surface area contributed by atoms with Gasteiger partial charge >= 0.3 is 5.97 Å². The number of Topliss-reactive ketones (excluding diaryl/α,β-unsaturated/α-hetero) is 1. The van der Waals surface area contributed by atoms with Crippen LogP contribution in [0.2, 0.25) is 0 Å². The van der Waals surface area contributed by atoms with Crippen molar-refractivity contribution in [3.63, 3.8) is 0 Å². The highest BCUT2D eigenvalue weighted by Gasteiger charge is 2.61.